The molecule has 0 saturated heterocycles. The lowest BCUT2D eigenvalue weighted by atomic mass is 10.1. The van der Waals surface area contributed by atoms with Crippen LogP contribution in [0, 0.1) is 0 Å². The number of aryl methyl sites for hydroxylation is 1. The first kappa shape index (κ1) is 8.52. The van der Waals surface area contributed by atoms with Crippen LogP contribution in [0.15, 0.2) is 30.5 Å². The molecule has 66 valence electrons. The Balaban J connectivity index is 2.84. The fourth-order valence-corrected chi connectivity index (χ4v) is 1.70. The van der Waals surface area contributed by atoms with Crippen LogP contribution in [0.4, 0.5) is 0 Å². The van der Waals surface area contributed by atoms with Crippen molar-refractivity contribution in [3.8, 4) is 0 Å². The Morgan fingerprint density at radius 2 is 2.15 bits per heavy atom. The number of nitrogens with zero attached hydrogens (tertiary/aromatic N) is 1. The minimum absolute atomic E-state index is 0.778. The molecule has 0 fully saturated rings. The summed E-state index contributed by atoms with van der Waals surface area (Å²) in [6.45, 7) is 2.12. The van der Waals surface area contributed by atoms with Crippen molar-refractivity contribution < 1.29 is 0 Å². The molecule has 13 heavy (non-hydrogen) atoms. The molecular formula is C11H10ClN. The standard InChI is InChI=1S/C11H10ClN/c1-2-8-5-6-10(12)9-4-3-7-13-11(8)9/h3-7H,2H2,1H3. The average Bonchev–Trinajstić information content (AvgIpc) is 2.19. The number of halogens is 1. The molecule has 0 N–H and O–H groups in total. The summed E-state index contributed by atoms with van der Waals surface area (Å²) in [7, 11) is 0. The van der Waals surface area contributed by atoms with Gasteiger partial charge in [-0.25, -0.2) is 0 Å². The second kappa shape index (κ2) is 3.35. The van der Waals surface area contributed by atoms with Crippen molar-refractivity contribution >= 4 is 22.5 Å². The van der Waals surface area contributed by atoms with E-state index in [2.05, 4.69) is 11.9 Å². The molecule has 0 unspecified atom stereocenters. The largest absolute Gasteiger partial charge is 0.256 e. The van der Waals surface area contributed by atoms with Gasteiger partial charge in [0.25, 0.3) is 0 Å². The molecule has 0 atom stereocenters. The van der Waals surface area contributed by atoms with E-state index < -0.39 is 0 Å². The van der Waals surface area contributed by atoms with Gasteiger partial charge < -0.3 is 0 Å². The molecule has 1 nitrogen and oxygen atoms in total. The van der Waals surface area contributed by atoms with E-state index >= 15 is 0 Å². The molecule has 0 aliphatic rings. The van der Waals surface area contributed by atoms with Crippen molar-refractivity contribution in [3.05, 3.63) is 41.0 Å². The lowest BCUT2D eigenvalue weighted by Gasteiger charge is -2.03. The maximum absolute atomic E-state index is 6.05. The molecule has 1 aromatic heterocycles. The van der Waals surface area contributed by atoms with Crippen LogP contribution in [-0.4, -0.2) is 4.98 Å². The van der Waals surface area contributed by atoms with Gasteiger partial charge in [-0.2, -0.15) is 0 Å². The maximum atomic E-state index is 6.05. The van der Waals surface area contributed by atoms with Crippen LogP contribution in [0.25, 0.3) is 10.9 Å². The average molecular weight is 192 g/mol. The van der Waals surface area contributed by atoms with Crippen LogP contribution in [0.2, 0.25) is 5.02 Å². The monoisotopic (exact) mass is 191 g/mol. The number of benzene rings is 1. The Bertz CT molecular complexity index is 437. The van der Waals surface area contributed by atoms with Gasteiger partial charge in [0.1, 0.15) is 0 Å². The maximum Gasteiger partial charge on any atom is 0.0748 e. The first-order valence-electron chi connectivity index (χ1n) is 4.35. The van der Waals surface area contributed by atoms with Gasteiger partial charge in [-0.1, -0.05) is 24.6 Å². The predicted octanol–water partition coefficient (Wildman–Crippen LogP) is 3.45. The van der Waals surface area contributed by atoms with Gasteiger partial charge in [0, 0.05) is 16.6 Å². The summed E-state index contributed by atoms with van der Waals surface area (Å²) in [5.41, 5.74) is 2.28. The number of fused-ring (bicyclic) bond motifs is 1. The summed E-state index contributed by atoms with van der Waals surface area (Å²) in [4.78, 5) is 4.33. The van der Waals surface area contributed by atoms with E-state index in [4.69, 9.17) is 11.6 Å². The lowest BCUT2D eigenvalue weighted by Crippen LogP contribution is -1.86. The van der Waals surface area contributed by atoms with Crippen molar-refractivity contribution in [1.29, 1.82) is 0 Å². The summed E-state index contributed by atoms with van der Waals surface area (Å²) >= 11 is 6.05. The van der Waals surface area contributed by atoms with E-state index in [1.54, 1.807) is 6.20 Å². The SMILES string of the molecule is CCc1ccc(Cl)c2cccnc12. The second-order valence-electron chi connectivity index (χ2n) is 2.96. The van der Waals surface area contributed by atoms with Crippen LogP contribution >= 0.6 is 11.6 Å². The van der Waals surface area contributed by atoms with Crippen LogP contribution in [0.1, 0.15) is 12.5 Å². The van der Waals surface area contributed by atoms with Gasteiger partial charge >= 0.3 is 0 Å². The highest BCUT2D eigenvalue weighted by Gasteiger charge is 2.02. The minimum atomic E-state index is 0.778. The molecule has 2 aromatic rings. The third-order valence-corrected chi connectivity index (χ3v) is 2.51. The van der Waals surface area contributed by atoms with Gasteiger partial charge in [-0.3, -0.25) is 4.98 Å². The van der Waals surface area contributed by atoms with E-state index in [1.165, 1.54) is 5.56 Å². The Morgan fingerprint density at radius 1 is 1.31 bits per heavy atom. The van der Waals surface area contributed by atoms with Crippen LogP contribution in [0.5, 0.6) is 0 Å². The number of pyridine rings is 1. The second-order valence-corrected chi connectivity index (χ2v) is 3.37. The molecule has 0 radical (unpaired) electrons. The third-order valence-electron chi connectivity index (χ3n) is 2.18. The molecule has 0 spiro atoms. The molecule has 0 aliphatic carbocycles. The number of hydrogen-bond acceptors (Lipinski definition) is 1. The molecule has 0 bridgehead atoms. The molecule has 2 rings (SSSR count). The smallest absolute Gasteiger partial charge is 0.0748 e. The minimum Gasteiger partial charge on any atom is -0.256 e. The molecule has 0 aliphatic heterocycles. The zero-order valence-corrected chi connectivity index (χ0v) is 8.17. The summed E-state index contributed by atoms with van der Waals surface area (Å²) in [5, 5.41) is 1.82. The van der Waals surface area contributed by atoms with Crippen molar-refractivity contribution in [3.63, 3.8) is 0 Å². The van der Waals surface area contributed by atoms with Crippen LogP contribution < -0.4 is 0 Å². The first-order chi connectivity index (χ1) is 6.33. The highest BCUT2D eigenvalue weighted by Crippen LogP contribution is 2.24. The topological polar surface area (TPSA) is 12.9 Å². The fourth-order valence-electron chi connectivity index (χ4n) is 1.48. The predicted molar refractivity (Wildman–Crippen MR) is 56.1 cm³/mol. The number of rotatable bonds is 1. The molecular weight excluding hydrogens is 182 g/mol. The van der Waals surface area contributed by atoms with Crippen LogP contribution in [0.3, 0.4) is 0 Å². The summed E-state index contributed by atoms with van der Waals surface area (Å²) in [6, 6.07) is 7.89. The number of aromatic nitrogens is 1. The molecule has 0 saturated carbocycles. The van der Waals surface area contributed by atoms with Crippen molar-refractivity contribution in [2.45, 2.75) is 13.3 Å². The summed E-state index contributed by atoms with van der Waals surface area (Å²) in [6.07, 6.45) is 2.79. The highest BCUT2D eigenvalue weighted by molar-refractivity contribution is 6.35. The Hall–Kier alpha value is -1.08. The van der Waals surface area contributed by atoms with Crippen molar-refractivity contribution in [2.75, 3.05) is 0 Å². The fraction of sp³-hybridized carbons (Fsp3) is 0.182. The van der Waals surface area contributed by atoms with Crippen molar-refractivity contribution in [2.24, 2.45) is 0 Å². The van der Waals surface area contributed by atoms with Gasteiger partial charge in [0.2, 0.25) is 0 Å². The lowest BCUT2D eigenvalue weighted by molar-refractivity contribution is 1.14. The van der Waals surface area contributed by atoms with E-state index in [0.717, 1.165) is 22.3 Å². The zero-order valence-electron chi connectivity index (χ0n) is 7.42. The first-order valence-corrected chi connectivity index (χ1v) is 4.73. The molecule has 1 aromatic carbocycles. The van der Waals surface area contributed by atoms with Gasteiger partial charge in [0.15, 0.2) is 0 Å². The van der Waals surface area contributed by atoms with E-state index in [9.17, 15) is 0 Å². The number of hydrogen-bond donors (Lipinski definition) is 0. The van der Waals surface area contributed by atoms with Crippen LogP contribution in [-0.2, 0) is 6.42 Å². The van der Waals surface area contributed by atoms with E-state index in [0.29, 0.717) is 0 Å². The Morgan fingerprint density at radius 3 is 2.92 bits per heavy atom. The third kappa shape index (κ3) is 1.40. The van der Waals surface area contributed by atoms with Gasteiger partial charge in [0.05, 0.1) is 5.52 Å². The molecule has 1 heterocycles. The van der Waals surface area contributed by atoms with Gasteiger partial charge in [-0.15, -0.1) is 0 Å². The Labute approximate surface area is 82.4 Å². The van der Waals surface area contributed by atoms with Crippen molar-refractivity contribution in [1.82, 2.24) is 4.98 Å². The highest BCUT2D eigenvalue weighted by atomic mass is 35.5. The van der Waals surface area contributed by atoms with E-state index in [-0.39, 0.29) is 0 Å². The van der Waals surface area contributed by atoms with Gasteiger partial charge in [-0.05, 0) is 30.2 Å². The quantitative estimate of drug-likeness (QED) is 0.673. The van der Waals surface area contributed by atoms with E-state index in [1.807, 2.05) is 24.3 Å². The molecule has 0 amide bonds. The Kier molecular flexibility index (Phi) is 2.19. The summed E-state index contributed by atoms with van der Waals surface area (Å²) in [5.74, 6) is 0. The normalized spacial score (nSPS) is 10.6. The summed E-state index contributed by atoms with van der Waals surface area (Å²) < 4.78 is 0. The zero-order chi connectivity index (χ0) is 9.26. The molecule has 2 heteroatoms.